The molecule has 0 aliphatic carbocycles. The number of hydrogen-bond donors (Lipinski definition) is 0. The van der Waals surface area contributed by atoms with Gasteiger partial charge in [-0.3, -0.25) is 0 Å². The molecule has 0 N–H and O–H groups in total. The third-order valence-electron chi connectivity index (χ3n) is 5.92. The van der Waals surface area contributed by atoms with Crippen molar-refractivity contribution in [3.8, 4) is 11.1 Å². The van der Waals surface area contributed by atoms with E-state index in [2.05, 4.69) is 0 Å². The fraction of sp³-hybridized carbons (Fsp3) is 0.231. The Hall–Kier alpha value is -2.71. The van der Waals surface area contributed by atoms with Crippen LogP contribution >= 0.6 is 11.8 Å². The van der Waals surface area contributed by atoms with Gasteiger partial charge < -0.3 is 4.74 Å². The van der Waals surface area contributed by atoms with Gasteiger partial charge in [0.1, 0.15) is 5.82 Å². The maximum atomic E-state index is 14.7. The van der Waals surface area contributed by atoms with Gasteiger partial charge in [-0.05, 0) is 54.0 Å². The fourth-order valence-electron chi connectivity index (χ4n) is 4.06. The molecule has 4 rings (SSSR count). The largest absolute Gasteiger partial charge is 0.373 e. The molecule has 2 unspecified atom stereocenters. The van der Waals surface area contributed by atoms with Gasteiger partial charge in [0.25, 0.3) is 0 Å². The van der Waals surface area contributed by atoms with Crippen molar-refractivity contribution in [2.24, 2.45) is 0 Å². The minimum absolute atomic E-state index is 0.0467. The molecule has 0 spiro atoms. The van der Waals surface area contributed by atoms with E-state index in [-0.39, 0.29) is 28.7 Å². The first-order chi connectivity index (χ1) is 16.3. The van der Waals surface area contributed by atoms with Gasteiger partial charge in [0.05, 0.1) is 12.7 Å². The van der Waals surface area contributed by atoms with E-state index in [9.17, 15) is 26.3 Å². The van der Waals surface area contributed by atoms with Crippen molar-refractivity contribution in [3.05, 3.63) is 99.7 Å². The highest BCUT2D eigenvalue weighted by atomic mass is 32.2. The van der Waals surface area contributed by atoms with E-state index >= 15 is 0 Å². The fourth-order valence-corrected chi connectivity index (χ4v) is 4.36. The summed E-state index contributed by atoms with van der Waals surface area (Å²) >= 11 is 0.703. The summed E-state index contributed by atoms with van der Waals surface area (Å²) < 4.78 is 88.3. The molecule has 3 aromatic rings. The number of thioether (sulfide) groups is 1. The molecule has 0 saturated carbocycles. The first kappa shape index (κ1) is 24.4. The van der Waals surface area contributed by atoms with Crippen LogP contribution in [0.5, 0.6) is 0 Å². The smallest absolute Gasteiger partial charge is 0.194 e. The van der Waals surface area contributed by atoms with Crippen LogP contribution in [0.3, 0.4) is 0 Å². The van der Waals surface area contributed by atoms with Gasteiger partial charge in [-0.25, -0.2) is 22.0 Å². The Morgan fingerprint density at radius 2 is 1.47 bits per heavy atom. The highest BCUT2D eigenvalue weighted by Gasteiger charge is 2.25. The number of halogens is 6. The first-order valence-corrected chi connectivity index (χ1v) is 11.8. The van der Waals surface area contributed by atoms with E-state index in [0.29, 0.717) is 30.4 Å². The van der Waals surface area contributed by atoms with Gasteiger partial charge in [0, 0.05) is 17.0 Å². The van der Waals surface area contributed by atoms with Gasteiger partial charge in [-0.1, -0.05) is 48.2 Å². The summed E-state index contributed by atoms with van der Waals surface area (Å²) in [6, 6.07) is 12.3. The van der Waals surface area contributed by atoms with Crippen molar-refractivity contribution in [1.82, 2.24) is 0 Å². The lowest BCUT2D eigenvalue weighted by molar-refractivity contribution is 0.00223. The quantitative estimate of drug-likeness (QED) is 0.260. The Morgan fingerprint density at radius 1 is 0.824 bits per heavy atom. The van der Waals surface area contributed by atoms with Crippen molar-refractivity contribution in [2.45, 2.75) is 24.9 Å². The molecule has 1 aliphatic rings. The normalized spacial score (nSPS) is 19.1. The number of rotatable bonds is 5. The molecule has 8 heteroatoms. The van der Waals surface area contributed by atoms with Crippen LogP contribution in [0.1, 0.15) is 41.6 Å². The van der Waals surface area contributed by atoms with E-state index in [1.54, 1.807) is 18.2 Å². The van der Waals surface area contributed by atoms with Crippen molar-refractivity contribution in [1.29, 1.82) is 0 Å². The summed E-state index contributed by atoms with van der Waals surface area (Å²) in [5.74, 6) is -5.92. The summed E-state index contributed by atoms with van der Waals surface area (Å²) in [4.78, 5) is 0. The summed E-state index contributed by atoms with van der Waals surface area (Å²) in [5, 5.41) is -0.871. The Balaban J connectivity index is 1.44. The van der Waals surface area contributed by atoms with Gasteiger partial charge in [-0.15, -0.1) is 0 Å². The van der Waals surface area contributed by atoms with Gasteiger partial charge in [0.15, 0.2) is 28.4 Å². The van der Waals surface area contributed by atoms with E-state index in [1.807, 2.05) is 0 Å². The van der Waals surface area contributed by atoms with E-state index in [4.69, 9.17) is 4.74 Å². The minimum Gasteiger partial charge on any atom is -0.373 e. The van der Waals surface area contributed by atoms with Gasteiger partial charge >= 0.3 is 0 Å². The lowest BCUT2D eigenvalue weighted by atomic mass is 9.88. The van der Waals surface area contributed by atoms with E-state index in [0.717, 1.165) is 24.1 Å². The van der Waals surface area contributed by atoms with Crippen molar-refractivity contribution in [3.63, 3.8) is 0 Å². The number of benzene rings is 3. The Labute approximate surface area is 197 Å². The second-order valence-electron chi connectivity index (χ2n) is 8.00. The van der Waals surface area contributed by atoms with Crippen molar-refractivity contribution in [2.75, 3.05) is 12.9 Å². The third kappa shape index (κ3) is 5.03. The van der Waals surface area contributed by atoms with Crippen LogP contribution in [0.25, 0.3) is 17.0 Å². The molecule has 3 aromatic carbocycles. The van der Waals surface area contributed by atoms with Crippen LogP contribution in [0.15, 0.2) is 59.8 Å². The first-order valence-electron chi connectivity index (χ1n) is 10.5. The maximum Gasteiger partial charge on any atom is 0.194 e. The SMILES string of the molecule is CS/C(F)=C(\F)c1ccc(C2CCC(c3ccc(-c4cc(F)c(F)c(F)c4)c(F)c3)OC2)cc1. The summed E-state index contributed by atoms with van der Waals surface area (Å²) in [7, 11) is 0. The van der Waals surface area contributed by atoms with Crippen molar-refractivity contribution >= 4 is 17.6 Å². The molecule has 0 amide bonds. The Kier molecular flexibility index (Phi) is 7.38. The number of hydrogen-bond acceptors (Lipinski definition) is 2. The molecule has 0 radical (unpaired) electrons. The molecule has 0 aromatic heterocycles. The minimum atomic E-state index is -1.60. The molecule has 1 nitrogen and oxygen atoms in total. The molecule has 2 atom stereocenters. The van der Waals surface area contributed by atoms with E-state index < -0.39 is 34.3 Å². The number of ether oxygens (including phenoxy) is 1. The molecular weight excluding hydrogens is 474 g/mol. The Morgan fingerprint density at radius 3 is 2.03 bits per heavy atom. The highest BCUT2D eigenvalue weighted by molar-refractivity contribution is 8.02. The van der Waals surface area contributed by atoms with Crippen LogP contribution in [0, 0.1) is 23.3 Å². The molecule has 0 bridgehead atoms. The molecule has 1 fully saturated rings. The predicted octanol–water partition coefficient (Wildman–Crippen LogP) is 8.47. The highest BCUT2D eigenvalue weighted by Crippen LogP contribution is 2.37. The molecule has 1 saturated heterocycles. The monoisotopic (exact) mass is 494 g/mol. The molecular formula is C26H20F6OS. The summed E-state index contributed by atoms with van der Waals surface area (Å²) in [5.41, 5.74) is 1.53. The Bertz CT molecular complexity index is 1190. The predicted molar refractivity (Wildman–Crippen MR) is 121 cm³/mol. The zero-order chi connectivity index (χ0) is 24.4. The average Bonchev–Trinajstić information content (AvgIpc) is 2.86. The zero-order valence-electron chi connectivity index (χ0n) is 18.1. The second kappa shape index (κ2) is 10.3. The molecule has 34 heavy (non-hydrogen) atoms. The molecule has 1 aliphatic heterocycles. The van der Waals surface area contributed by atoms with Crippen LogP contribution in [-0.4, -0.2) is 12.9 Å². The average molecular weight is 495 g/mol. The topological polar surface area (TPSA) is 9.23 Å². The summed E-state index contributed by atoms with van der Waals surface area (Å²) in [6.07, 6.45) is 2.43. The van der Waals surface area contributed by atoms with Gasteiger partial charge in [0.2, 0.25) is 0 Å². The summed E-state index contributed by atoms with van der Waals surface area (Å²) in [6.45, 7) is 0.360. The van der Waals surface area contributed by atoms with Crippen LogP contribution in [0.4, 0.5) is 26.3 Å². The van der Waals surface area contributed by atoms with Gasteiger partial charge in [-0.2, -0.15) is 4.39 Å². The zero-order valence-corrected chi connectivity index (χ0v) is 18.9. The van der Waals surface area contributed by atoms with Crippen LogP contribution in [0.2, 0.25) is 0 Å². The van der Waals surface area contributed by atoms with E-state index in [1.165, 1.54) is 30.5 Å². The molecule has 178 valence electrons. The third-order valence-corrected chi connectivity index (χ3v) is 6.46. The lowest BCUT2D eigenvalue weighted by Gasteiger charge is -2.30. The van der Waals surface area contributed by atoms with Crippen LogP contribution in [-0.2, 0) is 4.74 Å². The lowest BCUT2D eigenvalue weighted by Crippen LogP contribution is -2.19. The van der Waals surface area contributed by atoms with Crippen molar-refractivity contribution < 1.29 is 31.1 Å². The van der Waals surface area contributed by atoms with Crippen LogP contribution < -0.4 is 0 Å². The standard InChI is InChI=1S/C26H20F6OS/c1-34-26(32)24(30)15-4-2-14(3-5-15)17-7-9-23(33-13-17)16-6-8-19(20(27)10-16)18-11-21(28)25(31)22(29)12-18/h2-6,8,10-12,17,23H,7,9,13H2,1H3/b26-24-. The maximum absolute atomic E-state index is 14.7. The second-order valence-corrected chi connectivity index (χ2v) is 8.77. The molecule has 1 heterocycles.